The lowest BCUT2D eigenvalue weighted by Crippen LogP contribution is -2.39. The van der Waals surface area contributed by atoms with Crippen LogP contribution < -0.4 is 4.74 Å². The number of hydrogen-bond acceptors (Lipinski definition) is 7. The molecule has 1 unspecified atom stereocenters. The van der Waals surface area contributed by atoms with Crippen LogP contribution in [0.4, 0.5) is 4.39 Å². The fourth-order valence-electron chi connectivity index (χ4n) is 3.23. The Balaban J connectivity index is 1.51. The molecule has 154 valence electrons. The van der Waals surface area contributed by atoms with Crippen molar-refractivity contribution in [3.8, 4) is 5.75 Å². The van der Waals surface area contributed by atoms with E-state index in [9.17, 15) is 12.8 Å². The first-order chi connectivity index (χ1) is 13.9. The monoisotopic (exact) mass is 421 g/mol. The van der Waals surface area contributed by atoms with Gasteiger partial charge in [0.1, 0.15) is 11.6 Å². The number of nitrogens with zero attached hydrogens (tertiary/aromatic N) is 5. The molecule has 0 bridgehead atoms. The van der Waals surface area contributed by atoms with Gasteiger partial charge >= 0.3 is 0 Å². The van der Waals surface area contributed by atoms with Crippen molar-refractivity contribution in [1.82, 2.24) is 24.0 Å². The smallest absolute Gasteiger partial charge is 0.264 e. The van der Waals surface area contributed by atoms with Crippen molar-refractivity contribution < 1.29 is 22.1 Å². The number of benzene rings is 1. The highest BCUT2D eigenvalue weighted by Crippen LogP contribution is 2.33. The first-order valence-electron chi connectivity index (χ1n) is 9.14. The third-order valence-corrected chi connectivity index (χ3v) is 6.46. The van der Waals surface area contributed by atoms with Crippen molar-refractivity contribution in [3.63, 3.8) is 0 Å². The highest BCUT2D eigenvalue weighted by molar-refractivity contribution is 7.89. The number of sulfonamides is 1. The molecule has 11 heteroatoms. The fraction of sp³-hybridized carbons (Fsp3) is 0.389. The van der Waals surface area contributed by atoms with Crippen LogP contribution in [0.25, 0.3) is 0 Å². The molecule has 0 spiro atoms. The Bertz CT molecular complexity index is 1080. The second-order valence-corrected chi connectivity index (χ2v) is 8.63. The third-order valence-electron chi connectivity index (χ3n) is 4.67. The van der Waals surface area contributed by atoms with E-state index < -0.39 is 16.1 Å². The van der Waals surface area contributed by atoms with E-state index in [-0.39, 0.29) is 23.3 Å². The predicted octanol–water partition coefficient (Wildman–Crippen LogP) is 2.44. The van der Waals surface area contributed by atoms with E-state index in [1.165, 1.54) is 41.1 Å². The van der Waals surface area contributed by atoms with Crippen LogP contribution in [0.1, 0.15) is 37.0 Å². The molecule has 1 aromatic carbocycles. The number of halogens is 1. The molecule has 1 aliphatic rings. The Morgan fingerprint density at radius 2 is 2.07 bits per heavy atom. The summed E-state index contributed by atoms with van der Waals surface area (Å²) in [7, 11) is -2.06. The van der Waals surface area contributed by atoms with Crippen molar-refractivity contribution in [3.05, 3.63) is 54.3 Å². The van der Waals surface area contributed by atoms with Gasteiger partial charge in [-0.3, -0.25) is 0 Å². The van der Waals surface area contributed by atoms with Gasteiger partial charge in [0.15, 0.2) is 17.5 Å². The van der Waals surface area contributed by atoms with Crippen molar-refractivity contribution in [1.29, 1.82) is 0 Å². The van der Waals surface area contributed by atoms with Crippen molar-refractivity contribution in [2.75, 3.05) is 6.54 Å². The number of rotatable bonds is 6. The molecule has 3 aromatic rings. The number of aryl methyl sites for hydroxylation is 1. The molecule has 0 N–H and O–H groups in total. The summed E-state index contributed by atoms with van der Waals surface area (Å²) in [5.41, 5.74) is 0. The van der Waals surface area contributed by atoms with Gasteiger partial charge < -0.3 is 13.8 Å². The summed E-state index contributed by atoms with van der Waals surface area (Å²) in [6, 6.07) is 5.04. The van der Waals surface area contributed by atoms with Crippen molar-refractivity contribution in [2.45, 2.75) is 36.9 Å². The maximum Gasteiger partial charge on any atom is 0.264 e. The minimum atomic E-state index is -3.78. The molecule has 1 saturated heterocycles. The second-order valence-electron chi connectivity index (χ2n) is 6.79. The van der Waals surface area contributed by atoms with Gasteiger partial charge in [0.05, 0.1) is 12.4 Å². The van der Waals surface area contributed by atoms with E-state index in [0.717, 1.165) is 12.8 Å². The lowest BCUT2D eigenvalue weighted by molar-refractivity contribution is 0.231. The number of ether oxygens (including phenoxy) is 1. The lowest BCUT2D eigenvalue weighted by atomic mass is 10.0. The Hall–Kier alpha value is -2.79. The van der Waals surface area contributed by atoms with E-state index >= 15 is 0 Å². The first-order valence-corrected chi connectivity index (χ1v) is 10.6. The van der Waals surface area contributed by atoms with Gasteiger partial charge in [-0.2, -0.15) is 9.29 Å². The molecule has 2 aromatic heterocycles. The topological polar surface area (TPSA) is 103 Å². The van der Waals surface area contributed by atoms with Gasteiger partial charge in [0.25, 0.3) is 15.9 Å². The first kappa shape index (κ1) is 19.5. The molecule has 0 radical (unpaired) electrons. The van der Waals surface area contributed by atoms with Gasteiger partial charge in [-0.15, -0.1) is 0 Å². The van der Waals surface area contributed by atoms with Gasteiger partial charge in [-0.25, -0.2) is 17.8 Å². The minimum absolute atomic E-state index is 0.00164. The van der Waals surface area contributed by atoms with E-state index in [2.05, 4.69) is 15.1 Å². The molecular weight excluding hydrogens is 401 g/mol. The third kappa shape index (κ3) is 4.15. The minimum Gasteiger partial charge on any atom is -0.484 e. The molecule has 1 fully saturated rings. The summed E-state index contributed by atoms with van der Waals surface area (Å²) in [4.78, 5) is 8.31. The number of piperidine rings is 1. The van der Waals surface area contributed by atoms with Crippen LogP contribution >= 0.6 is 0 Å². The normalized spacial score (nSPS) is 18.1. The maximum atomic E-state index is 13.0. The van der Waals surface area contributed by atoms with E-state index in [4.69, 9.17) is 9.26 Å². The summed E-state index contributed by atoms with van der Waals surface area (Å²) < 4.78 is 52.7. The van der Waals surface area contributed by atoms with E-state index in [1.807, 2.05) is 0 Å². The highest BCUT2D eigenvalue weighted by atomic mass is 32.2. The average Bonchev–Trinajstić information content (AvgIpc) is 3.37. The summed E-state index contributed by atoms with van der Waals surface area (Å²) in [5.74, 6) is 0.610. The van der Waals surface area contributed by atoms with Crippen LogP contribution in [0.2, 0.25) is 0 Å². The van der Waals surface area contributed by atoms with Gasteiger partial charge in [0, 0.05) is 19.8 Å². The molecular formula is C18H20FN5O4S. The number of hydrogen-bond donors (Lipinski definition) is 0. The number of imidazole rings is 1. The Labute approximate surface area is 167 Å². The summed E-state index contributed by atoms with van der Waals surface area (Å²) in [5, 5.41) is 3.97. The second kappa shape index (κ2) is 7.91. The van der Waals surface area contributed by atoms with Crippen molar-refractivity contribution >= 4 is 10.0 Å². The Morgan fingerprint density at radius 3 is 2.79 bits per heavy atom. The van der Waals surface area contributed by atoms with Crippen LogP contribution in [-0.2, 0) is 23.7 Å². The van der Waals surface area contributed by atoms with Gasteiger partial charge in [0.2, 0.25) is 0 Å². The van der Waals surface area contributed by atoms with Crippen molar-refractivity contribution in [2.24, 2.45) is 7.05 Å². The van der Waals surface area contributed by atoms with Crippen LogP contribution in [-0.4, -0.2) is 39.0 Å². The largest absolute Gasteiger partial charge is 0.484 e. The Morgan fingerprint density at radius 1 is 1.28 bits per heavy atom. The molecule has 3 heterocycles. The average molecular weight is 421 g/mol. The number of aromatic nitrogens is 4. The zero-order chi connectivity index (χ0) is 20.4. The zero-order valence-corrected chi connectivity index (χ0v) is 16.5. The quantitative estimate of drug-likeness (QED) is 0.602. The summed E-state index contributed by atoms with van der Waals surface area (Å²) in [6.07, 6.45) is 5.12. The van der Waals surface area contributed by atoms with E-state index in [1.54, 1.807) is 11.6 Å². The predicted molar refractivity (Wildman–Crippen MR) is 98.7 cm³/mol. The summed E-state index contributed by atoms with van der Waals surface area (Å²) in [6.45, 7) is 0.359. The van der Waals surface area contributed by atoms with Crippen LogP contribution in [0.15, 0.2) is 46.3 Å². The molecule has 9 nitrogen and oxygen atoms in total. The summed E-state index contributed by atoms with van der Waals surface area (Å²) >= 11 is 0. The standard InChI is InChI=1S/C18H20FN5O4S/c1-23-10-17(20-12-23)29(25,26)24-9-3-2-4-15(24)18-21-16(28-22-18)11-27-14-7-5-13(19)6-8-14/h5-8,10,12,15H,2-4,9,11H2,1H3. The maximum absolute atomic E-state index is 13.0. The Kier molecular flexibility index (Phi) is 5.33. The van der Waals surface area contributed by atoms with Crippen LogP contribution in [0.5, 0.6) is 5.75 Å². The molecule has 29 heavy (non-hydrogen) atoms. The van der Waals surface area contributed by atoms with Crippen LogP contribution in [0.3, 0.4) is 0 Å². The lowest BCUT2D eigenvalue weighted by Gasteiger charge is -2.31. The molecule has 1 atom stereocenters. The van der Waals surface area contributed by atoms with E-state index in [0.29, 0.717) is 24.5 Å². The molecule has 4 rings (SSSR count). The fourth-order valence-corrected chi connectivity index (χ4v) is 4.86. The molecule has 0 aliphatic carbocycles. The molecule has 1 aliphatic heterocycles. The zero-order valence-electron chi connectivity index (χ0n) is 15.7. The molecule has 0 saturated carbocycles. The highest BCUT2D eigenvalue weighted by Gasteiger charge is 2.38. The van der Waals surface area contributed by atoms with Crippen LogP contribution in [0, 0.1) is 5.82 Å². The molecule has 0 amide bonds. The van der Waals surface area contributed by atoms with Gasteiger partial charge in [-0.05, 0) is 37.1 Å². The van der Waals surface area contributed by atoms with Gasteiger partial charge in [-0.1, -0.05) is 11.6 Å². The SMILES string of the molecule is Cn1cnc(S(=O)(=O)N2CCCCC2c2noc(COc3ccc(F)cc3)n2)c1.